The van der Waals surface area contributed by atoms with E-state index in [0.717, 1.165) is 0 Å². The largest absolute Gasteiger partial charge is 0.450 e. The van der Waals surface area contributed by atoms with Gasteiger partial charge in [-0.05, 0) is 32.3 Å². The average Bonchev–Trinajstić information content (AvgIpc) is 2.55. The smallest absolute Gasteiger partial charge is 0.384 e. The normalized spacial score (nSPS) is 25.9. The number of fused-ring (bicyclic) bond motifs is 1. The molecule has 2 N–H and O–H groups in total. The van der Waals surface area contributed by atoms with Crippen LogP contribution in [0.3, 0.4) is 0 Å². The molecule has 6 heteroatoms. The monoisotopic (exact) mass is 310 g/mol. The Balaban J connectivity index is 2.43. The van der Waals surface area contributed by atoms with Crippen LogP contribution in [0.15, 0.2) is 24.3 Å². The Morgan fingerprint density at radius 1 is 1.32 bits per heavy atom. The lowest BCUT2D eigenvalue weighted by Gasteiger charge is -2.26. The van der Waals surface area contributed by atoms with E-state index < -0.39 is 29.2 Å². The molecule has 1 aromatic carbocycles. The van der Waals surface area contributed by atoms with Crippen molar-refractivity contribution in [3.05, 3.63) is 35.4 Å². The van der Waals surface area contributed by atoms with Gasteiger partial charge in [-0.3, -0.25) is 0 Å². The van der Waals surface area contributed by atoms with E-state index in [-0.39, 0.29) is 11.1 Å². The summed E-state index contributed by atoms with van der Waals surface area (Å²) in [5.41, 5.74) is -4.11. The third-order valence-electron chi connectivity index (χ3n) is 3.22. The molecule has 0 aromatic heterocycles. The first kappa shape index (κ1) is 16.4. The number of halogens is 2. The first-order valence-electron chi connectivity index (χ1n) is 6.63. The van der Waals surface area contributed by atoms with Crippen molar-refractivity contribution in [2.75, 3.05) is 0 Å². The van der Waals surface area contributed by atoms with Crippen LogP contribution in [-0.2, 0) is 15.1 Å². The molecule has 0 spiro atoms. The second kappa shape index (κ2) is 5.04. The average molecular weight is 310 g/mol. The van der Waals surface area contributed by atoms with E-state index in [1.807, 2.05) is 11.8 Å². The lowest BCUT2D eigenvalue weighted by Crippen LogP contribution is -2.43. The summed E-state index contributed by atoms with van der Waals surface area (Å²) in [6, 6.07) is 5.42. The predicted molar refractivity (Wildman–Crippen MR) is 73.9 cm³/mol. The summed E-state index contributed by atoms with van der Waals surface area (Å²) in [6.07, 6.45) is -2.19. The van der Waals surface area contributed by atoms with Gasteiger partial charge in [0.05, 0.1) is 0 Å². The molecular weight excluding hydrogens is 294 g/mol. The summed E-state index contributed by atoms with van der Waals surface area (Å²) < 4.78 is 33.3. The number of hydrogen-bond acceptors (Lipinski definition) is 4. The molecule has 0 unspecified atom stereocenters. The van der Waals surface area contributed by atoms with E-state index in [2.05, 4.69) is 0 Å². The van der Waals surface area contributed by atoms with E-state index in [1.165, 1.54) is 24.3 Å². The zero-order valence-corrected chi connectivity index (χ0v) is 12.4. The topological polar surface area (TPSA) is 66.8 Å². The number of esters is 1. The Morgan fingerprint density at radius 3 is 2.50 bits per heavy atom. The van der Waals surface area contributed by atoms with Gasteiger partial charge >= 0.3 is 11.9 Å². The van der Waals surface area contributed by atoms with Crippen molar-refractivity contribution >= 4 is 5.97 Å². The summed E-state index contributed by atoms with van der Waals surface area (Å²) in [5.74, 6) is -1.21. The number of carbonyl (C=O) groups is 1. The Kier molecular flexibility index (Phi) is 3.76. The fraction of sp³-hybridized carbons (Fsp3) is 0.438. The molecule has 22 heavy (non-hydrogen) atoms. The standard InChI is InChI=1S/C16H16F2O4/c1-14(2,3)22-12(19)8-9-15(21)11-7-5-4-6-10(11)13(20)16(15,17)18/h4-7,13,20-21H,1-3H3/t13-,15-/m1/s1. The maximum absolute atomic E-state index is 14.2. The third kappa shape index (κ3) is 2.58. The zero-order valence-electron chi connectivity index (χ0n) is 12.4. The minimum Gasteiger partial charge on any atom is -0.450 e. The number of ether oxygens (including phenoxy) is 1. The van der Waals surface area contributed by atoms with Crippen LogP contribution in [-0.4, -0.2) is 27.7 Å². The van der Waals surface area contributed by atoms with Crippen molar-refractivity contribution in [3.8, 4) is 11.8 Å². The first-order valence-corrected chi connectivity index (χ1v) is 6.63. The number of rotatable bonds is 0. The molecule has 0 aliphatic heterocycles. The quantitative estimate of drug-likeness (QED) is 0.436. The van der Waals surface area contributed by atoms with Gasteiger partial charge in [0.1, 0.15) is 11.7 Å². The van der Waals surface area contributed by atoms with Crippen molar-refractivity contribution in [2.45, 2.75) is 44.0 Å². The number of alkyl halides is 2. The van der Waals surface area contributed by atoms with Crippen molar-refractivity contribution in [1.29, 1.82) is 0 Å². The second-order valence-corrected chi connectivity index (χ2v) is 6.08. The molecule has 0 saturated heterocycles. The van der Waals surface area contributed by atoms with Gasteiger partial charge in [-0.2, -0.15) is 8.78 Å². The van der Waals surface area contributed by atoms with Crippen LogP contribution in [0.2, 0.25) is 0 Å². The molecule has 1 aliphatic carbocycles. The predicted octanol–water partition coefficient (Wildman–Crippen LogP) is 1.90. The molecule has 1 aliphatic rings. The van der Waals surface area contributed by atoms with Crippen molar-refractivity contribution in [3.63, 3.8) is 0 Å². The van der Waals surface area contributed by atoms with Gasteiger partial charge in [0.15, 0.2) is 0 Å². The Morgan fingerprint density at radius 2 is 1.91 bits per heavy atom. The highest BCUT2D eigenvalue weighted by Crippen LogP contribution is 2.53. The van der Waals surface area contributed by atoms with Crippen molar-refractivity contribution < 1.29 is 28.5 Å². The van der Waals surface area contributed by atoms with E-state index in [0.29, 0.717) is 0 Å². The van der Waals surface area contributed by atoms with Crippen LogP contribution in [0.4, 0.5) is 8.78 Å². The van der Waals surface area contributed by atoms with Crippen LogP contribution in [0, 0.1) is 11.8 Å². The molecule has 4 nitrogen and oxygen atoms in total. The van der Waals surface area contributed by atoms with Gasteiger partial charge < -0.3 is 14.9 Å². The van der Waals surface area contributed by atoms with Crippen LogP contribution in [0.1, 0.15) is 38.0 Å². The number of aliphatic hydroxyl groups excluding tert-OH is 1. The molecule has 0 amide bonds. The Labute approximate surface area is 126 Å². The van der Waals surface area contributed by atoms with E-state index >= 15 is 0 Å². The van der Waals surface area contributed by atoms with Crippen molar-refractivity contribution in [2.24, 2.45) is 0 Å². The SMILES string of the molecule is CC(C)(C)OC(=O)C#C[C@@]1(O)c2ccccc2[C@@H](O)C1(F)F. The summed E-state index contributed by atoms with van der Waals surface area (Å²) in [7, 11) is 0. The maximum atomic E-state index is 14.2. The minimum absolute atomic E-state index is 0.117. The highest BCUT2D eigenvalue weighted by Gasteiger charge is 2.65. The molecule has 2 rings (SSSR count). The third-order valence-corrected chi connectivity index (χ3v) is 3.22. The molecule has 1 aromatic rings. The minimum atomic E-state index is -3.94. The summed E-state index contributed by atoms with van der Waals surface area (Å²) >= 11 is 0. The molecule has 0 saturated carbocycles. The number of carbonyl (C=O) groups excluding carboxylic acids is 1. The van der Waals surface area contributed by atoms with Gasteiger partial charge in [0.2, 0.25) is 5.60 Å². The van der Waals surface area contributed by atoms with Gasteiger partial charge in [0, 0.05) is 11.5 Å². The lowest BCUT2D eigenvalue weighted by molar-refractivity contribution is -0.197. The molecule has 0 bridgehead atoms. The Bertz CT molecular complexity index is 667. The molecular formula is C16H16F2O4. The summed E-state index contributed by atoms with van der Waals surface area (Å²) in [5, 5.41) is 20.0. The zero-order chi connectivity index (χ0) is 16.8. The number of benzene rings is 1. The Hall–Kier alpha value is -1.97. The van der Waals surface area contributed by atoms with E-state index in [1.54, 1.807) is 20.8 Å². The summed E-state index contributed by atoms with van der Waals surface area (Å²) in [4.78, 5) is 11.5. The molecule has 0 heterocycles. The summed E-state index contributed by atoms with van der Waals surface area (Å²) in [6.45, 7) is 4.81. The van der Waals surface area contributed by atoms with Crippen LogP contribution in [0.25, 0.3) is 0 Å². The maximum Gasteiger partial charge on any atom is 0.384 e. The highest BCUT2D eigenvalue weighted by molar-refractivity contribution is 5.89. The van der Waals surface area contributed by atoms with Crippen LogP contribution < -0.4 is 0 Å². The van der Waals surface area contributed by atoms with E-state index in [9.17, 15) is 23.8 Å². The first-order chi connectivity index (χ1) is 9.99. The number of hydrogen-bond donors (Lipinski definition) is 2. The van der Waals surface area contributed by atoms with Gasteiger partial charge in [0.25, 0.3) is 0 Å². The number of aliphatic hydroxyl groups is 2. The van der Waals surface area contributed by atoms with Crippen LogP contribution >= 0.6 is 0 Å². The second-order valence-electron chi connectivity index (χ2n) is 6.08. The van der Waals surface area contributed by atoms with Crippen LogP contribution in [0.5, 0.6) is 0 Å². The highest BCUT2D eigenvalue weighted by atomic mass is 19.3. The molecule has 118 valence electrons. The van der Waals surface area contributed by atoms with E-state index in [4.69, 9.17) is 4.74 Å². The molecule has 2 atom stereocenters. The van der Waals surface area contributed by atoms with Gasteiger partial charge in [-0.1, -0.05) is 24.3 Å². The molecule has 0 fully saturated rings. The lowest BCUT2D eigenvalue weighted by atomic mass is 9.94. The van der Waals surface area contributed by atoms with Gasteiger partial charge in [-0.15, -0.1) is 0 Å². The fourth-order valence-corrected chi connectivity index (χ4v) is 2.23. The fourth-order valence-electron chi connectivity index (χ4n) is 2.23. The van der Waals surface area contributed by atoms with Gasteiger partial charge in [-0.25, -0.2) is 4.79 Å². The molecule has 0 radical (unpaired) electrons. The van der Waals surface area contributed by atoms with Crippen molar-refractivity contribution in [1.82, 2.24) is 0 Å².